The normalized spacial score (nSPS) is 12.0. The summed E-state index contributed by atoms with van der Waals surface area (Å²) in [4.78, 5) is -0.217. The highest BCUT2D eigenvalue weighted by Gasteiger charge is 2.20. The van der Waals surface area contributed by atoms with Gasteiger partial charge in [0, 0.05) is 5.92 Å². The number of primary sulfonamides is 1. The fourth-order valence-corrected chi connectivity index (χ4v) is 2.12. The van der Waals surface area contributed by atoms with Crippen LogP contribution in [-0.4, -0.2) is 21.8 Å². The summed E-state index contributed by atoms with van der Waals surface area (Å²) in [6, 6.07) is 5.58. The molecule has 0 aliphatic heterocycles. The van der Waals surface area contributed by atoms with Gasteiger partial charge in [-0.2, -0.15) is 0 Å². The predicted octanol–water partition coefficient (Wildman–Crippen LogP) is 1.36. The van der Waals surface area contributed by atoms with Crippen molar-refractivity contribution >= 4 is 10.0 Å². The van der Waals surface area contributed by atoms with E-state index in [4.69, 9.17) is 5.14 Å². The van der Waals surface area contributed by atoms with Crippen molar-refractivity contribution < 1.29 is 17.2 Å². The zero-order valence-corrected chi connectivity index (χ0v) is 8.68. The molecule has 0 heterocycles. The maximum absolute atomic E-state index is 12.4. The first kappa shape index (κ1) is 12.1. The Balaban J connectivity index is 3.29. The van der Waals surface area contributed by atoms with Gasteiger partial charge in [-0.1, -0.05) is 18.2 Å². The van der Waals surface area contributed by atoms with Gasteiger partial charge in [0.25, 0.3) is 0 Å². The largest absolute Gasteiger partial charge is 0.250 e. The van der Waals surface area contributed by atoms with E-state index in [0.717, 1.165) is 0 Å². The van der Waals surface area contributed by atoms with Crippen molar-refractivity contribution in [3.8, 4) is 0 Å². The molecule has 0 unspecified atom stereocenters. The first-order valence-corrected chi connectivity index (χ1v) is 5.79. The number of benzene rings is 1. The van der Waals surface area contributed by atoms with Crippen molar-refractivity contribution in [2.24, 2.45) is 5.14 Å². The average Bonchev–Trinajstić information content (AvgIpc) is 2.19. The van der Waals surface area contributed by atoms with Crippen LogP contribution in [0.15, 0.2) is 29.2 Å². The molecule has 0 aromatic heterocycles. The highest BCUT2D eigenvalue weighted by Crippen LogP contribution is 2.24. The lowest BCUT2D eigenvalue weighted by Gasteiger charge is -2.12. The summed E-state index contributed by atoms with van der Waals surface area (Å²) in [6.07, 6.45) is 0. The van der Waals surface area contributed by atoms with E-state index >= 15 is 0 Å². The molecule has 3 nitrogen and oxygen atoms in total. The summed E-state index contributed by atoms with van der Waals surface area (Å²) in [5.74, 6) is -1.07. The van der Waals surface area contributed by atoms with Gasteiger partial charge in [-0.05, 0) is 11.6 Å². The molecule has 1 rings (SSSR count). The Labute approximate surface area is 87.0 Å². The van der Waals surface area contributed by atoms with E-state index in [-0.39, 0.29) is 10.5 Å². The lowest BCUT2D eigenvalue weighted by Crippen LogP contribution is -2.17. The number of hydrogen-bond acceptors (Lipinski definition) is 2. The van der Waals surface area contributed by atoms with Gasteiger partial charge in [0.1, 0.15) is 0 Å². The van der Waals surface area contributed by atoms with Crippen molar-refractivity contribution in [3.63, 3.8) is 0 Å². The summed E-state index contributed by atoms with van der Waals surface area (Å²) in [5.41, 5.74) is 0.0880. The number of sulfonamides is 1. The summed E-state index contributed by atoms with van der Waals surface area (Å²) in [7, 11) is -3.93. The monoisotopic (exact) mass is 235 g/mol. The van der Waals surface area contributed by atoms with Crippen LogP contribution in [0.1, 0.15) is 11.5 Å². The Morgan fingerprint density at radius 1 is 1.20 bits per heavy atom. The van der Waals surface area contributed by atoms with E-state index in [2.05, 4.69) is 0 Å². The van der Waals surface area contributed by atoms with Gasteiger partial charge in [0.05, 0.1) is 18.2 Å². The van der Waals surface area contributed by atoms with Gasteiger partial charge in [-0.3, -0.25) is 8.78 Å². The third kappa shape index (κ3) is 2.73. The zero-order chi connectivity index (χ0) is 11.5. The molecule has 0 saturated heterocycles. The molecule has 0 radical (unpaired) electrons. The Hall–Kier alpha value is -1.01. The molecule has 0 saturated carbocycles. The third-order valence-corrected chi connectivity index (χ3v) is 3.02. The van der Waals surface area contributed by atoms with Gasteiger partial charge in [-0.15, -0.1) is 0 Å². The number of alkyl halides is 2. The van der Waals surface area contributed by atoms with Crippen LogP contribution in [0, 0.1) is 0 Å². The molecule has 84 valence electrons. The van der Waals surface area contributed by atoms with Gasteiger partial charge >= 0.3 is 0 Å². The smallest absolute Gasteiger partial charge is 0.238 e. The maximum atomic E-state index is 12.4. The SMILES string of the molecule is NS(=O)(=O)c1ccccc1C(CF)CF. The van der Waals surface area contributed by atoms with E-state index in [1.165, 1.54) is 24.3 Å². The molecular formula is C9H11F2NO2S. The molecule has 2 N–H and O–H groups in total. The lowest BCUT2D eigenvalue weighted by molar-refractivity contribution is 0.350. The molecule has 0 spiro atoms. The van der Waals surface area contributed by atoms with E-state index in [0.29, 0.717) is 0 Å². The first-order chi connectivity index (χ1) is 7.00. The number of rotatable bonds is 4. The molecule has 1 aromatic carbocycles. The van der Waals surface area contributed by atoms with E-state index < -0.39 is 29.3 Å². The van der Waals surface area contributed by atoms with Gasteiger partial charge in [0.2, 0.25) is 10.0 Å². The number of nitrogens with two attached hydrogens (primary N) is 1. The van der Waals surface area contributed by atoms with Crippen molar-refractivity contribution in [1.82, 2.24) is 0 Å². The second-order valence-corrected chi connectivity index (χ2v) is 4.62. The van der Waals surface area contributed by atoms with Crippen LogP contribution in [0.2, 0.25) is 0 Å². The van der Waals surface area contributed by atoms with Gasteiger partial charge < -0.3 is 0 Å². The van der Waals surface area contributed by atoms with E-state index in [1.54, 1.807) is 0 Å². The molecule has 1 aromatic rings. The van der Waals surface area contributed by atoms with Crippen LogP contribution in [0.3, 0.4) is 0 Å². The Bertz CT molecular complexity index is 429. The molecule has 0 amide bonds. The Morgan fingerprint density at radius 2 is 1.73 bits per heavy atom. The van der Waals surface area contributed by atoms with Crippen molar-refractivity contribution in [1.29, 1.82) is 0 Å². The fourth-order valence-electron chi connectivity index (χ4n) is 1.28. The Kier molecular flexibility index (Phi) is 3.76. The number of halogens is 2. The molecule has 15 heavy (non-hydrogen) atoms. The minimum atomic E-state index is -3.93. The summed E-state index contributed by atoms with van der Waals surface area (Å²) < 4.78 is 47.1. The quantitative estimate of drug-likeness (QED) is 0.856. The molecule has 6 heteroatoms. The van der Waals surface area contributed by atoms with Crippen molar-refractivity contribution in [3.05, 3.63) is 29.8 Å². The third-order valence-electron chi connectivity index (χ3n) is 2.04. The first-order valence-electron chi connectivity index (χ1n) is 4.24. The van der Waals surface area contributed by atoms with Crippen LogP contribution in [0.4, 0.5) is 8.78 Å². The second kappa shape index (κ2) is 4.67. The minimum Gasteiger partial charge on any atom is -0.250 e. The second-order valence-electron chi connectivity index (χ2n) is 3.09. The predicted molar refractivity (Wildman–Crippen MR) is 52.5 cm³/mol. The summed E-state index contributed by atoms with van der Waals surface area (Å²) in [5, 5.41) is 4.93. The molecule has 0 atom stereocenters. The zero-order valence-electron chi connectivity index (χ0n) is 7.86. The van der Waals surface area contributed by atoms with Gasteiger partial charge in [-0.25, -0.2) is 13.6 Å². The fraction of sp³-hybridized carbons (Fsp3) is 0.333. The standard InChI is InChI=1S/C9H11F2NO2S/c10-5-7(6-11)8-3-1-2-4-9(8)15(12,13)14/h1-4,7H,5-6H2,(H2,12,13,14). The molecule has 0 bridgehead atoms. The van der Waals surface area contributed by atoms with E-state index in [9.17, 15) is 17.2 Å². The van der Waals surface area contributed by atoms with Gasteiger partial charge in [0.15, 0.2) is 0 Å². The van der Waals surface area contributed by atoms with Crippen LogP contribution < -0.4 is 5.14 Å². The lowest BCUT2D eigenvalue weighted by atomic mass is 10.0. The van der Waals surface area contributed by atoms with Crippen molar-refractivity contribution in [2.75, 3.05) is 13.3 Å². The molecule has 0 aliphatic carbocycles. The highest BCUT2D eigenvalue weighted by atomic mass is 32.2. The topological polar surface area (TPSA) is 60.2 Å². The maximum Gasteiger partial charge on any atom is 0.238 e. The van der Waals surface area contributed by atoms with Crippen LogP contribution in [-0.2, 0) is 10.0 Å². The van der Waals surface area contributed by atoms with Crippen LogP contribution in [0.25, 0.3) is 0 Å². The van der Waals surface area contributed by atoms with E-state index in [1.807, 2.05) is 0 Å². The molecule has 0 aliphatic rings. The van der Waals surface area contributed by atoms with Crippen LogP contribution in [0.5, 0.6) is 0 Å². The van der Waals surface area contributed by atoms with Crippen LogP contribution >= 0.6 is 0 Å². The number of hydrogen-bond donors (Lipinski definition) is 1. The minimum absolute atomic E-state index is 0.0880. The summed E-state index contributed by atoms with van der Waals surface area (Å²) >= 11 is 0. The Morgan fingerprint density at radius 3 is 2.20 bits per heavy atom. The highest BCUT2D eigenvalue weighted by molar-refractivity contribution is 7.89. The summed E-state index contributed by atoms with van der Waals surface area (Å²) in [6.45, 7) is -1.91. The molecular weight excluding hydrogens is 224 g/mol. The average molecular weight is 235 g/mol. The molecule has 0 fully saturated rings. The van der Waals surface area contributed by atoms with Crippen molar-refractivity contribution in [2.45, 2.75) is 10.8 Å².